The Morgan fingerprint density at radius 2 is 1.71 bits per heavy atom. The number of hydrogen-bond acceptors (Lipinski definition) is 3. The molecule has 0 aromatic heterocycles. The molecular weight excluding hydrogens is 414 g/mol. The number of rotatable bonds is 8. The van der Waals surface area contributed by atoms with Gasteiger partial charge in [0.05, 0.1) is 7.11 Å². The first kappa shape index (κ1) is 22.8. The SMILES string of the molecule is COc1cc(CNC(C)(C)CC(C)(C)C)c(Br)cc1OCc1cccc(C)c1. The molecule has 0 bridgehead atoms. The van der Waals surface area contributed by atoms with E-state index in [1.54, 1.807) is 7.11 Å². The third kappa shape index (κ3) is 7.14. The normalized spacial score (nSPS) is 12.1. The molecule has 0 fully saturated rings. The molecule has 0 amide bonds. The molecule has 0 aliphatic carbocycles. The van der Waals surface area contributed by atoms with Gasteiger partial charge in [0, 0.05) is 16.6 Å². The first-order valence-corrected chi connectivity index (χ1v) is 10.6. The van der Waals surface area contributed by atoms with Gasteiger partial charge in [0.1, 0.15) is 6.61 Å². The number of benzene rings is 2. The fourth-order valence-corrected chi connectivity index (χ4v) is 4.13. The topological polar surface area (TPSA) is 30.5 Å². The van der Waals surface area contributed by atoms with E-state index in [4.69, 9.17) is 9.47 Å². The van der Waals surface area contributed by atoms with Gasteiger partial charge in [0.25, 0.3) is 0 Å². The highest BCUT2D eigenvalue weighted by Crippen LogP contribution is 2.35. The molecule has 0 spiro atoms. The summed E-state index contributed by atoms with van der Waals surface area (Å²) in [5.74, 6) is 1.50. The van der Waals surface area contributed by atoms with Gasteiger partial charge in [-0.25, -0.2) is 0 Å². The van der Waals surface area contributed by atoms with Crippen LogP contribution in [0.3, 0.4) is 0 Å². The monoisotopic (exact) mass is 447 g/mol. The van der Waals surface area contributed by atoms with Gasteiger partial charge in [0.2, 0.25) is 0 Å². The summed E-state index contributed by atoms with van der Waals surface area (Å²) in [5, 5.41) is 3.68. The smallest absolute Gasteiger partial charge is 0.162 e. The van der Waals surface area contributed by atoms with Gasteiger partial charge in [-0.05, 0) is 55.9 Å². The van der Waals surface area contributed by atoms with Crippen LogP contribution in [0.1, 0.15) is 57.7 Å². The van der Waals surface area contributed by atoms with Crippen LogP contribution in [0.2, 0.25) is 0 Å². The highest BCUT2D eigenvalue weighted by molar-refractivity contribution is 9.10. The summed E-state index contributed by atoms with van der Waals surface area (Å²) in [4.78, 5) is 0. The number of methoxy groups -OCH3 is 1. The van der Waals surface area contributed by atoms with Crippen molar-refractivity contribution in [3.05, 3.63) is 57.6 Å². The molecule has 28 heavy (non-hydrogen) atoms. The summed E-state index contributed by atoms with van der Waals surface area (Å²) >= 11 is 3.70. The molecule has 0 heterocycles. The number of halogens is 1. The molecular formula is C24H34BrNO2. The van der Waals surface area contributed by atoms with Crippen molar-refractivity contribution in [1.29, 1.82) is 0 Å². The lowest BCUT2D eigenvalue weighted by atomic mass is 9.82. The van der Waals surface area contributed by atoms with E-state index in [2.05, 4.69) is 93.1 Å². The number of ether oxygens (including phenoxy) is 2. The van der Waals surface area contributed by atoms with Crippen molar-refractivity contribution >= 4 is 15.9 Å². The molecule has 2 aromatic carbocycles. The predicted octanol–water partition coefficient (Wildman–Crippen LogP) is 6.65. The highest BCUT2D eigenvalue weighted by Gasteiger charge is 2.25. The molecule has 4 heteroatoms. The second-order valence-corrected chi connectivity index (χ2v) is 10.2. The Bertz CT molecular complexity index is 794. The van der Waals surface area contributed by atoms with Gasteiger partial charge in [-0.1, -0.05) is 66.5 Å². The third-order valence-electron chi connectivity index (χ3n) is 4.54. The van der Waals surface area contributed by atoms with Crippen molar-refractivity contribution in [2.24, 2.45) is 5.41 Å². The van der Waals surface area contributed by atoms with Crippen molar-refractivity contribution in [2.45, 2.75) is 66.7 Å². The van der Waals surface area contributed by atoms with E-state index in [-0.39, 0.29) is 11.0 Å². The first-order chi connectivity index (χ1) is 13.0. The van der Waals surface area contributed by atoms with Crippen LogP contribution >= 0.6 is 15.9 Å². The van der Waals surface area contributed by atoms with Crippen LogP contribution in [0.25, 0.3) is 0 Å². The molecule has 154 valence electrons. The summed E-state index contributed by atoms with van der Waals surface area (Å²) in [5.41, 5.74) is 3.85. The summed E-state index contributed by atoms with van der Waals surface area (Å²) in [6.45, 7) is 14.7. The average molecular weight is 448 g/mol. The average Bonchev–Trinajstić information content (AvgIpc) is 2.57. The summed E-state index contributed by atoms with van der Waals surface area (Å²) < 4.78 is 12.7. The molecule has 3 nitrogen and oxygen atoms in total. The molecule has 1 N–H and O–H groups in total. The van der Waals surface area contributed by atoms with Crippen LogP contribution in [0.5, 0.6) is 11.5 Å². The largest absolute Gasteiger partial charge is 0.493 e. The summed E-state index contributed by atoms with van der Waals surface area (Å²) in [6.07, 6.45) is 1.09. The van der Waals surface area contributed by atoms with Crippen molar-refractivity contribution in [3.8, 4) is 11.5 Å². The van der Waals surface area contributed by atoms with Crippen LogP contribution in [0.4, 0.5) is 0 Å². The molecule has 0 aliphatic heterocycles. The quantitative estimate of drug-likeness (QED) is 0.491. The predicted molar refractivity (Wildman–Crippen MR) is 121 cm³/mol. The maximum atomic E-state index is 6.04. The lowest BCUT2D eigenvalue weighted by Crippen LogP contribution is -2.41. The van der Waals surface area contributed by atoms with Crippen molar-refractivity contribution in [2.75, 3.05) is 7.11 Å². The molecule has 0 aliphatic rings. The van der Waals surface area contributed by atoms with Crippen molar-refractivity contribution in [3.63, 3.8) is 0 Å². The third-order valence-corrected chi connectivity index (χ3v) is 5.28. The van der Waals surface area contributed by atoms with Crippen molar-refractivity contribution < 1.29 is 9.47 Å². The van der Waals surface area contributed by atoms with Gasteiger partial charge in [-0.15, -0.1) is 0 Å². The minimum absolute atomic E-state index is 0.0469. The molecule has 0 atom stereocenters. The number of hydrogen-bond donors (Lipinski definition) is 1. The van der Waals surface area contributed by atoms with E-state index in [0.717, 1.165) is 40.1 Å². The standard InChI is InChI=1S/C24H34BrNO2/c1-17-9-8-10-18(11-17)15-28-22-13-20(25)19(12-21(22)27-7)14-26-24(5,6)16-23(2,3)4/h8-13,26H,14-16H2,1-7H3. The second kappa shape index (κ2) is 9.32. The van der Waals surface area contributed by atoms with E-state index in [1.165, 1.54) is 5.56 Å². The summed E-state index contributed by atoms with van der Waals surface area (Å²) in [6, 6.07) is 12.4. The maximum Gasteiger partial charge on any atom is 0.162 e. The van der Waals surface area contributed by atoms with Gasteiger partial charge in [-0.2, -0.15) is 0 Å². The van der Waals surface area contributed by atoms with Crippen LogP contribution in [-0.4, -0.2) is 12.6 Å². The Labute approximate surface area is 179 Å². The van der Waals surface area contributed by atoms with Crippen LogP contribution in [0.15, 0.2) is 40.9 Å². The van der Waals surface area contributed by atoms with E-state index in [1.807, 2.05) is 6.07 Å². The van der Waals surface area contributed by atoms with Gasteiger partial charge in [0.15, 0.2) is 11.5 Å². The molecule has 0 unspecified atom stereocenters. The number of nitrogens with one attached hydrogen (secondary N) is 1. The first-order valence-electron chi connectivity index (χ1n) is 9.79. The zero-order valence-electron chi connectivity index (χ0n) is 18.3. The van der Waals surface area contributed by atoms with Gasteiger partial charge < -0.3 is 14.8 Å². The lowest BCUT2D eigenvalue weighted by molar-refractivity contribution is 0.240. The van der Waals surface area contributed by atoms with Crippen LogP contribution in [0, 0.1) is 12.3 Å². The fourth-order valence-electron chi connectivity index (χ4n) is 3.67. The number of aryl methyl sites for hydroxylation is 1. The Morgan fingerprint density at radius 1 is 1.00 bits per heavy atom. The van der Waals surface area contributed by atoms with Gasteiger partial charge in [-0.3, -0.25) is 0 Å². The van der Waals surface area contributed by atoms with E-state index in [0.29, 0.717) is 6.61 Å². The minimum Gasteiger partial charge on any atom is -0.493 e. The Kier molecular flexibility index (Phi) is 7.58. The molecule has 0 radical (unpaired) electrons. The van der Waals surface area contributed by atoms with Crippen LogP contribution in [-0.2, 0) is 13.2 Å². The molecule has 0 saturated carbocycles. The minimum atomic E-state index is 0.0469. The molecule has 0 saturated heterocycles. The van der Waals surface area contributed by atoms with Crippen LogP contribution < -0.4 is 14.8 Å². The zero-order valence-corrected chi connectivity index (χ0v) is 19.9. The van der Waals surface area contributed by atoms with E-state index < -0.39 is 0 Å². The Morgan fingerprint density at radius 3 is 2.32 bits per heavy atom. The Balaban J connectivity index is 2.10. The van der Waals surface area contributed by atoms with E-state index in [9.17, 15) is 0 Å². The molecule has 2 rings (SSSR count). The lowest BCUT2D eigenvalue weighted by Gasteiger charge is -2.33. The fraction of sp³-hybridized carbons (Fsp3) is 0.500. The van der Waals surface area contributed by atoms with E-state index >= 15 is 0 Å². The highest BCUT2D eigenvalue weighted by atomic mass is 79.9. The summed E-state index contributed by atoms with van der Waals surface area (Å²) in [7, 11) is 1.68. The zero-order chi connectivity index (χ0) is 20.9. The van der Waals surface area contributed by atoms with Crippen molar-refractivity contribution in [1.82, 2.24) is 5.32 Å². The maximum absolute atomic E-state index is 6.04. The second-order valence-electron chi connectivity index (χ2n) is 9.35. The van der Waals surface area contributed by atoms with Gasteiger partial charge >= 0.3 is 0 Å². The Hall–Kier alpha value is -1.52. The molecule has 2 aromatic rings.